The average molecular weight is 241 g/mol. The van der Waals surface area contributed by atoms with Crippen LogP contribution < -0.4 is 4.90 Å². The van der Waals surface area contributed by atoms with E-state index in [2.05, 4.69) is 9.97 Å². The zero-order valence-electron chi connectivity index (χ0n) is 9.61. The molecule has 1 heterocycles. The predicted octanol–water partition coefficient (Wildman–Crippen LogP) is -0.588. The molecule has 1 aromatic rings. The molecule has 1 rings (SSSR count). The van der Waals surface area contributed by atoms with Crippen LogP contribution in [0, 0.1) is 0 Å². The van der Waals surface area contributed by atoms with Crippen molar-refractivity contribution in [3.05, 3.63) is 18.0 Å². The first-order valence-corrected chi connectivity index (χ1v) is 4.99. The number of rotatable bonds is 5. The second-order valence-corrected chi connectivity index (χ2v) is 3.82. The summed E-state index contributed by atoms with van der Waals surface area (Å²) in [5.41, 5.74) is 0.282. The summed E-state index contributed by atoms with van der Waals surface area (Å²) in [4.78, 5) is 20.0. The number of carboxylic acids is 1. The van der Waals surface area contributed by atoms with E-state index in [9.17, 15) is 15.0 Å². The molecule has 0 bridgehead atoms. The minimum atomic E-state index is -1.37. The Hall–Kier alpha value is -1.73. The monoisotopic (exact) mass is 241 g/mol. The lowest BCUT2D eigenvalue weighted by Gasteiger charge is -2.16. The van der Waals surface area contributed by atoms with Gasteiger partial charge in [0, 0.05) is 32.1 Å². The molecule has 0 amide bonds. The third-order valence-corrected chi connectivity index (χ3v) is 2.15. The second kappa shape index (κ2) is 5.55. The Morgan fingerprint density at radius 2 is 1.88 bits per heavy atom. The van der Waals surface area contributed by atoms with E-state index < -0.39 is 24.6 Å². The Kier molecular flexibility index (Phi) is 4.36. The summed E-state index contributed by atoms with van der Waals surface area (Å²) in [5.74, 6) is -0.712. The third-order valence-electron chi connectivity index (χ3n) is 2.15. The van der Waals surface area contributed by atoms with Gasteiger partial charge >= 0.3 is 5.97 Å². The van der Waals surface area contributed by atoms with Gasteiger partial charge in [-0.3, -0.25) is 4.79 Å². The minimum Gasteiger partial charge on any atom is -0.481 e. The van der Waals surface area contributed by atoms with Crippen molar-refractivity contribution in [1.82, 2.24) is 9.97 Å². The molecule has 2 unspecified atom stereocenters. The number of hydrogen-bond donors (Lipinski definition) is 3. The molecule has 17 heavy (non-hydrogen) atoms. The van der Waals surface area contributed by atoms with E-state index in [1.165, 1.54) is 12.4 Å². The van der Waals surface area contributed by atoms with Gasteiger partial charge in [0.1, 0.15) is 6.10 Å². The average Bonchev–Trinajstić information content (AvgIpc) is 2.27. The minimum absolute atomic E-state index is 0.282. The molecule has 0 radical (unpaired) electrons. The molecule has 0 saturated carbocycles. The molecule has 0 aliphatic heterocycles. The van der Waals surface area contributed by atoms with E-state index >= 15 is 0 Å². The van der Waals surface area contributed by atoms with Gasteiger partial charge in [0.05, 0.1) is 12.5 Å². The highest BCUT2D eigenvalue weighted by Crippen LogP contribution is 2.18. The second-order valence-electron chi connectivity index (χ2n) is 3.82. The Balaban J connectivity index is 2.75. The number of hydrogen-bond acceptors (Lipinski definition) is 6. The fourth-order valence-electron chi connectivity index (χ4n) is 1.23. The first kappa shape index (κ1) is 13.3. The topological polar surface area (TPSA) is 107 Å². The van der Waals surface area contributed by atoms with Gasteiger partial charge in [0.15, 0.2) is 0 Å². The molecule has 2 atom stereocenters. The Labute approximate surface area is 98.4 Å². The van der Waals surface area contributed by atoms with Gasteiger partial charge in [-0.1, -0.05) is 0 Å². The third kappa shape index (κ3) is 3.65. The highest BCUT2D eigenvalue weighted by atomic mass is 16.4. The molecule has 3 N–H and O–H groups in total. The van der Waals surface area contributed by atoms with Crippen LogP contribution in [0.15, 0.2) is 12.4 Å². The van der Waals surface area contributed by atoms with Crippen molar-refractivity contribution < 1.29 is 20.1 Å². The molecular weight excluding hydrogens is 226 g/mol. The van der Waals surface area contributed by atoms with Crippen LogP contribution >= 0.6 is 0 Å². The van der Waals surface area contributed by atoms with Crippen molar-refractivity contribution >= 4 is 11.9 Å². The molecule has 94 valence electrons. The lowest BCUT2D eigenvalue weighted by Crippen LogP contribution is -2.22. The number of aliphatic hydroxyl groups excluding tert-OH is 2. The van der Waals surface area contributed by atoms with Crippen molar-refractivity contribution in [2.45, 2.75) is 18.6 Å². The number of aliphatic hydroxyl groups is 2. The van der Waals surface area contributed by atoms with Crippen molar-refractivity contribution in [2.75, 3.05) is 19.0 Å². The lowest BCUT2D eigenvalue weighted by atomic mass is 10.1. The Morgan fingerprint density at radius 1 is 1.35 bits per heavy atom. The summed E-state index contributed by atoms with van der Waals surface area (Å²) in [6, 6.07) is 0. The van der Waals surface area contributed by atoms with Crippen molar-refractivity contribution in [2.24, 2.45) is 0 Å². The number of anilines is 1. The van der Waals surface area contributed by atoms with Gasteiger partial charge in [0.25, 0.3) is 0 Å². The van der Waals surface area contributed by atoms with Crippen molar-refractivity contribution in [1.29, 1.82) is 0 Å². The van der Waals surface area contributed by atoms with Crippen LogP contribution in [0.3, 0.4) is 0 Å². The van der Waals surface area contributed by atoms with Crippen LogP contribution in [0.5, 0.6) is 0 Å². The largest absolute Gasteiger partial charge is 0.481 e. The van der Waals surface area contributed by atoms with Gasteiger partial charge < -0.3 is 20.2 Å². The maximum Gasteiger partial charge on any atom is 0.306 e. The molecule has 7 heteroatoms. The highest BCUT2D eigenvalue weighted by Gasteiger charge is 2.21. The first-order chi connectivity index (χ1) is 7.91. The smallest absolute Gasteiger partial charge is 0.306 e. The lowest BCUT2D eigenvalue weighted by molar-refractivity contribution is -0.141. The number of carboxylic acid groups (broad SMARTS) is 1. The molecule has 7 nitrogen and oxygen atoms in total. The SMILES string of the molecule is CN(C)c1ncc(C(O)C(O)CC(=O)O)cn1. The number of aromatic nitrogens is 2. The summed E-state index contributed by atoms with van der Waals surface area (Å²) in [6.45, 7) is 0. The molecule has 1 aromatic heterocycles. The van der Waals surface area contributed by atoms with Crippen LogP contribution in [-0.2, 0) is 4.79 Å². The van der Waals surface area contributed by atoms with Gasteiger partial charge in [-0.2, -0.15) is 0 Å². The summed E-state index contributed by atoms with van der Waals surface area (Å²) in [6.07, 6.45) is -0.490. The van der Waals surface area contributed by atoms with E-state index in [1.54, 1.807) is 19.0 Å². The molecule has 0 aromatic carbocycles. The maximum absolute atomic E-state index is 10.4. The van der Waals surface area contributed by atoms with E-state index in [0.29, 0.717) is 5.95 Å². The van der Waals surface area contributed by atoms with Crippen LogP contribution in [0.2, 0.25) is 0 Å². The summed E-state index contributed by atoms with van der Waals surface area (Å²) in [7, 11) is 3.54. The predicted molar refractivity (Wildman–Crippen MR) is 59.6 cm³/mol. The van der Waals surface area contributed by atoms with Gasteiger partial charge in [-0.05, 0) is 0 Å². The van der Waals surface area contributed by atoms with Crippen molar-refractivity contribution in [3.8, 4) is 0 Å². The van der Waals surface area contributed by atoms with E-state index in [1.807, 2.05) is 0 Å². The van der Waals surface area contributed by atoms with E-state index in [4.69, 9.17) is 5.11 Å². The normalized spacial score (nSPS) is 14.1. The van der Waals surface area contributed by atoms with Crippen LogP contribution in [-0.4, -0.2) is 51.5 Å². The summed E-state index contributed by atoms with van der Waals surface area (Å²) >= 11 is 0. The zero-order valence-corrected chi connectivity index (χ0v) is 9.61. The van der Waals surface area contributed by atoms with E-state index in [-0.39, 0.29) is 5.56 Å². The Morgan fingerprint density at radius 3 is 2.29 bits per heavy atom. The molecule has 0 fully saturated rings. The van der Waals surface area contributed by atoms with Crippen LogP contribution in [0.1, 0.15) is 18.1 Å². The van der Waals surface area contributed by atoms with Crippen LogP contribution in [0.25, 0.3) is 0 Å². The van der Waals surface area contributed by atoms with Crippen LogP contribution in [0.4, 0.5) is 5.95 Å². The summed E-state index contributed by atoms with van der Waals surface area (Å²) in [5, 5.41) is 27.6. The standard InChI is InChI=1S/C10H15N3O4/c1-13(2)10-11-4-6(5-12-10)9(17)7(14)3-8(15)16/h4-5,7,9,14,17H,3H2,1-2H3,(H,15,16). The number of aliphatic carboxylic acids is 1. The van der Waals surface area contributed by atoms with Gasteiger partial charge in [0.2, 0.25) is 5.95 Å². The molecule has 0 aliphatic rings. The fraction of sp³-hybridized carbons (Fsp3) is 0.500. The maximum atomic E-state index is 10.4. The first-order valence-electron chi connectivity index (χ1n) is 4.99. The summed E-state index contributed by atoms with van der Waals surface area (Å²) < 4.78 is 0. The molecule has 0 saturated heterocycles. The quantitative estimate of drug-likeness (QED) is 0.632. The highest BCUT2D eigenvalue weighted by molar-refractivity contribution is 5.67. The molecular formula is C10H15N3O4. The fourth-order valence-corrected chi connectivity index (χ4v) is 1.23. The molecule has 0 aliphatic carbocycles. The number of carbonyl (C=O) groups is 1. The Bertz CT molecular complexity index is 380. The van der Waals surface area contributed by atoms with Gasteiger partial charge in [-0.15, -0.1) is 0 Å². The van der Waals surface area contributed by atoms with E-state index in [0.717, 1.165) is 0 Å². The zero-order chi connectivity index (χ0) is 13.0. The number of nitrogens with zero attached hydrogens (tertiary/aromatic N) is 3. The molecule has 0 spiro atoms. The van der Waals surface area contributed by atoms with Gasteiger partial charge in [-0.25, -0.2) is 9.97 Å². The van der Waals surface area contributed by atoms with Crippen molar-refractivity contribution in [3.63, 3.8) is 0 Å².